The SMILES string of the molecule is CC(C)(C)OC(=O)N1CC=C(c2ccc3n[c]([Sn]([CH3])([CH3])[CH3])ccc3n2)CC1. The predicted octanol–water partition coefficient (Wildman–Crippen LogP) is 4.20. The molecule has 0 saturated heterocycles. The first kappa shape index (κ1) is 20.1. The Morgan fingerprint density at radius 2 is 1.74 bits per heavy atom. The monoisotopic (exact) mass is 475 g/mol. The van der Waals surface area contributed by atoms with E-state index in [-0.39, 0.29) is 6.09 Å². The van der Waals surface area contributed by atoms with E-state index in [2.05, 4.69) is 39.1 Å². The molecule has 0 unspecified atom stereocenters. The molecule has 0 bridgehead atoms. The van der Waals surface area contributed by atoms with Crippen molar-refractivity contribution in [1.29, 1.82) is 0 Å². The van der Waals surface area contributed by atoms with Crippen molar-refractivity contribution in [2.75, 3.05) is 13.1 Å². The van der Waals surface area contributed by atoms with E-state index in [1.54, 1.807) is 4.90 Å². The Labute approximate surface area is 165 Å². The maximum absolute atomic E-state index is 12.2. The van der Waals surface area contributed by atoms with Gasteiger partial charge >= 0.3 is 140 Å². The molecule has 0 N–H and O–H groups in total. The average molecular weight is 474 g/mol. The zero-order valence-electron chi connectivity index (χ0n) is 17.2. The molecule has 3 heterocycles. The summed E-state index contributed by atoms with van der Waals surface area (Å²) >= 11 is -2.17. The number of rotatable bonds is 2. The average Bonchev–Trinajstić information content (AvgIpc) is 2.58. The molecule has 0 aromatic carbocycles. The van der Waals surface area contributed by atoms with Crippen molar-refractivity contribution in [3.63, 3.8) is 0 Å². The molecule has 2 aromatic rings. The van der Waals surface area contributed by atoms with Crippen LogP contribution in [-0.2, 0) is 4.74 Å². The van der Waals surface area contributed by atoms with Crippen molar-refractivity contribution in [3.8, 4) is 0 Å². The first-order valence-corrected chi connectivity index (χ1v) is 19.5. The number of aromatic nitrogens is 2. The molecule has 1 aliphatic rings. The van der Waals surface area contributed by atoms with Crippen LogP contribution in [0.2, 0.25) is 14.8 Å². The van der Waals surface area contributed by atoms with Crippen LogP contribution >= 0.6 is 0 Å². The van der Waals surface area contributed by atoms with Gasteiger partial charge in [-0.3, -0.25) is 0 Å². The Kier molecular flexibility index (Phi) is 5.52. The summed E-state index contributed by atoms with van der Waals surface area (Å²) in [6, 6.07) is 8.36. The van der Waals surface area contributed by atoms with Gasteiger partial charge in [0.15, 0.2) is 0 Å². The van der Waals surface area contributed by atoms with Crippen LogP contribution in [0.3, 0.4) is 0 Å². The zero-order chi connectivity index (χ0) is 19.8. The fourth-order valence-corrected chi connectivity index (χ4v) is 5.97. The molecule has 27 heavy (non-hydrogen) atoms. The molecule has 0 fully saturated rings. The van der Waals surface area contributed by atoms with Gasteiger partial charge in [0.25, 0.3) is 0 Å². The summed E-state index contributed by atoms with van der Waals surface area (Å²) in [6.07, 6.45) is 2.60. The molecule has 2 aromatic heterocycles. The first-order chi connectivity index (χ1) is 12.5. The molecule has 1 aliphatic heterocycles. The van der Waals surface area contributed by atoms with Gasteiger partial charge in [-0.05, 0) is 20.8 Å². The van der Waals surface area contributed by atoms with E-state index in [1.807, 2.05) is 26.8 Å². The van der Waals surface area contributed by atoms with Gasteiger partial charge in [-0.15, -0.1) is 0 Å². The normalized spacial score (nSPS) is 15.6. The van der Waals surface area contributed by atoms with E-state index in [0.717, 1.165) is 23.1 Å². The fourth-order valence-electron chi connectivity index (χ4n) is 3.00. The quantitative estimate of drug-likeness (QED) is 0.613. The topological polar surface area (TPSA) is 55.3 Å². The molecule has 0 atom stereocenters. The van der Waals surface area contributed by atoms with Crippen molar-refractivity contribution in [1.82, 2.24) is 14.9 Å². The van der Waals surface area contributed by atoms with E-state index >= 15 is 0 Å². The maximum atomic E-state index is 12.2. The summed E-state index contributed by atoms with van der Waals surface area (Å²) in [6.45, 7) is 6.86. The number of carbonyl (C=O) groups is 1. The van der Waals surface area contributed by atoms with Gasteiger partial charge in [0, 0.05) is 0 Å². The first-order valence-electron chi connectivity index (χ1n) is 9.48. The van der Waals surface area contributed by atoms with Gasteiger partial charge in [-0.1, -0.05) is 0 Å². The molecule has 5 nitrogen and oxygen atoms in total. The van der Waals surface area contributed by atoms with Crippen LogP contribution in [0.15, 0.2) is 30.3 Å². The third kappa shape index (κ3) is 5.00. The molecule has 6 heteroatoms. The second-order valence-corrected chi connectivity index (χ2v) is 23.4. The van der Waals surface area contributed by atoms with Gasteiger partial charge in [0.1, 0.15) is 5.60 Å². The molecule has 144 valence electrons. The third-order valence-corrected chi connectivity index (χ3v) is 9.68. The Morgan fingerprint density at radius 3 is 2.33 bits per heavy atom. The zero-order valence-corrected chi connectivity index (χ0v) is 20.0. The van der Waals surface area contributed by atoms with Gasteiger partial charge in [0.05, 0.1) is 0 Å². The molecule has 0 spiro atoms. The Hall–Kier alpha value is -1.63. The van der Waals surface area contributed by atoms with E-state index in [0.29, 0.717) is 13.1 Å². The number of nitrogens with zero attached hydrogens (tertiary/aromatic N) is 3. The number of fused-ring (bicyclic) bond motifs is 1. The summed E-state index contributed by atoms with van der Waals surface area (Å²) in [4.78, 5) is 30.7. The van der Waals surface area contributed by atoms with Crippen LogP contribution in [0.4, 0.5) is 4.79 Å². The fraction of sp³-hybridized carbons (Fsp3) is 0.476. The summed E-state index contributed by atoms with van der Waals surface area (Å²) in [5, 5.41) is 0. The summed E-state index contributed by atoms with van der Waals surface area (Å²) in [7, 11) is 0. The number of hydrogen-bond donors (Lipinski definition) is 0. The Morgan fingerprint density at radius 1 is 1.07 bits per heavy atom. The van der Waals surface area contributed by atoms with E-state index in [9.17, 15) is 4.79 Å². The van der Waals surface area contributed by atoms with Gasteiger partial charge in [0.2, 0.25) is 0 Å². The van der Waals surface area contributed by atoms with Crippen LogP contribution < -0.4 is 3.71 Å². The van der Waals surface area contributed by atoms with Crippen LogP contribution in [0, 0.1) is 0 Å². The van der Waals surface area contributed by atoms with Crippen LogP contribution in [0.5, 0.6) is 0 Å². The van der Waals surface area contributed by atoms with Gasteiger partial charge in [-0.25, -0.2) is 0 Å². The molecular weight excluding hydrogens is 445 g/mol. The standard InChI is InChI=1S/C18H20N3O2.3CH3.Sn/c1-18(2,3)23-17(22)21-11-8-13(9-12-21)14-6-7-15-16(20-14)5-4-10-19-15;;;;/h4-8H,9,11-12H2,1-3H3;3*1H3;. The van der Waals surface area contributed by atoms with Crippen molar-refractivity contribution in [2.24, 2.45) is 0 Å². The number of ether oxygens (including phenoxy) is 1. The molecular formula is C21H29N3O2Sn. The number of amides is 1. The number of hydrogen-bond acceptors (Lipinski definition) is 4. The number of pyridine rings is 2. The number of carbonyl (C=O) groups excluding carboxylic acids is 1. The van der Waals surface area contributed by atoms with Crippen molar-refractivity contribution in [2.45, 2.75) is 47.6 Å². The predicted molar refractivity (Wildman–Crippen MR) is 113 cm³/mol. The van der Waals surface area contributed by atoms with Gasteiger partial charge < -0.3 is 0 Å². The van der Waals surface area contributed by atoms with Crippen molar-refractivity contribution >= 4 is 44.8 Å². The molecule has 1 amide bonds. The van der Waals surface area contributed by atoms with E-state index in [4.69, 9.17) is 14.7 Å². The molecule has 0 radical (unpaired) electrons. The molecule has 0 aliphatic carbocycles. The van der Waals surface area contributed by atoms with Crippen LogP contribution in [0.1, 0.15) is 32.9 Å². The van der Waals surface area contributed by atoms with E-state index < -0.39 is 24.0 Å². The van der Waals surface area contributed by atoms with Crippen molar-refractivity contribution in [3.05, 3.63) is 36.0 Å². The minimum atomic E-state index is -2.17. The van der Waals surface area contributed by atoms with E-state index in [1.165, 1.54) is 9.28 Å². The second kappa shape index (κ2) is 7.41. The summed E-state index contributed by atoms with van der Waals surface area (Å²) < 4.78 is 6.73. The van der Waals surface area contributed by atoms with Crippen molar-refractivity contribution < 1.29 is 9.53 Å². The summed E-state index contributed by atoms with van der Waals surface area (Å²) in [5.41, 5.74) is 3.58. The van der Waals surface area contributed by atoms with Crippen LogP contribution in [0.25, 0.3) is 16.6 Å². The van der Waals surface area contributed by atoms with Gasteiger partial charge in [-0.2, -0.15) is 0 Å². The second-order valence-electron chi connectivity index (χ2n) is 9.09. The molecule has 3 rings (SSSR count). The Balaban J connectivity index is 1.77. The third-order valence-electron chi connectivity index (χ3n) is 4.50. The Bertz CT molecular complexity index is 894. The van der Waals surface area contributed by atoms with Crippen LogP contribution in [-0.4, -0.2) is 58.0 Å². The minimum absolute atomic E-state index is 0.255. The summed E-state index contributed by atoms with van der Waals surface area (Å²) in [5.74, 6) is 0. The molecule has 0 saturated carbocycles.